The van der Waals surface area contributed by atoms with Crippen LogP contribution in [0, 0.1) is 17.6 Å². The molecule has 1 N–H and O–H groups in total. The number of benzene rings is 2. The smallest absolute Gasteiger partial charge is 0.308 e. The van der Waals surface area contributed by atoms with E-state index in [1.165, 1.54) is 23.1 Å². The van der Waals surface area contributed by atoms with Gasteiger partial charge in [-0.3, -0.25) is 9.59 Å². The number of hydrogen-bond acceptors (Lipinski definition) is 3. The maximum absolute atomic E-state index is 14.0. The van der Waals surface area contributed by atoms with E-state index in [2.05, 4.69) is 15.9 Å². The molecule has 2 aromatic carbocycles. The van der Waals surface area contributed by atoms with Crippen molar-refractivity contribution in [2.24, 2.45) is 5.92 Å². The second kappa shape index (κ2) is 6.05. The number of hydrogen-bond donors (Lipinski definition) is 1. The molecule has 0 radical (unpaired) electrons. The van der Waals surface area contributed by atoms with Crippen LogP contribution >= 0.6 is 15.9 Å². The Morgan fingerprint density at radius 1 is 1.23 bits per heavy atom. The lowest BCUT2D eigenvalue weighted by Crippen LogP contribution is -2.45. The first-order valence-electron chi connectivity index (χ1n) is 7.88. The van der Waals surface area contributed by atoms with Crippen molar-refractivity contribution < 1.29 is 28.2 Å². The van der Waals surface area contributed by atoms with E-state index in [0.29, 0.717) is 5.56 Å². The number of carboxylic acid groups (broad SMARTS) is 1. The van der Waals surface area contributed by atoms with Crippen molar-refractivity contribution >= 4 is 33.5 Å². The molecule has 2 atom stereocenters. The van der Waals surface area contributed by atoms with Crippen LogP contribution in [0.3, 0.4) is 0 Å². The summed E-state index contributed by atoms with van der Waals surface area (Å²) >= 11 is 3.08. The molecule has 2 aliphatic rings. The van der Waals surface area contributed by atoms with Gasteiger partial charge in [0.2, 0.25) is 5.91 Å². The van der Waals surface area contributed by atoms with Gasteiger partial charge in [0.25, 0.3) is 0 Å². The zero-order chi connectivity index (χ0) is 18.6. The van der Waals surface area contributed by atoms with E-state index in [0.717, 1.165) is 12.1 Å². The molecule has 0 aliphatic carbocycles. The van der Waals surface area contributed by atoms with Gasteiger partial charge in [-0.2, -0.15) is 0 Å². The van der Waals surface area contributed by atoms with Crippen molar-refractivity contribution in [2.45, 2.75) is 18.9 Å². The van der Waals surface area contributed by atoms with Crippen LogP contribution in [0.4, 0.5) is 14.5 Å². The number of nitrogens with zero attached hydrogens (tertiary/aromatic N) is 1. The van der Waals surface area contributed by atoms with Crippen LogP contribution in [0.25, 0.3) is 0 Å². The average Bonchev–Trinajstić information content (AvgIpc) is 2.70. The highest BCUT2D eigenvalue weighted by Crippen LogP contribution is 2.51. The second-order valence-corrected chi connectivity index (χ2v) is 7.06. The predicted octanol–water partition coefficient (Wildman–Crippen LogP) is 4.40. The van der Waals surface area contributed by atoms with Crippen LogP contribution in [-0.4, -0.2) is 17.0 Å². The van der Waals surface area contributed by atoms with Gasteiger partial charge in [0.1, 0.15) is 17.4 Å². The summed E-state index contributed by atoms with van der Waals surface area (Å²) in [5.74, 6) is -3.35. The summed E-state index contributed by atoms with van der Waals surface area (Å²) in [6.07, 6.45) is 0.197. The molecule has 1 fully saturated rings. The SMILES string of the molecule is O=C(O)C1CCC(=O)N2c3cc(Br)c(F)cc3Oc3cc(F)ccc3C12. The summed E-state index contributed by atoms with van der Waals surface area (Å²) in [6.45, 7) is 0. The zero-order valence-electron chi connectivity index (χ0n) is 13.2. The molecule has 0 aromatic heterocycles. The van der Waals surface area contributed by atoms with Crippen LogP contribution < -0.4 is 9.64 Å². The van der Waals surface area contributed by atoms with Gasteiger partial charge in [0.15, 0.2) is 5.75 Å². The van der Waals surface area contributed by atoms with Gasteiger partial charge in [-0.15, -0.1) is 0 Å². The molecule has 5 nitrogen and oxygen atoms in total. The lowest BCUT2D eigenvalue weighted by atomic mass is 9.83. The number of ether oxygens (including phenoxy) is 1. The third-order valence-corrected chi connectivity index (χ3v) is 5.30. The van der Waals surface area contributed by atoms with Gasteiger partial charge in [-0.25, -0.2) is 8.78 Å². The second-order valence-electron chi connectivity index (χ2n) is 6.21. The molecule has 2 aliphatic heterocycles. The summed E-state index contributed by atoms with van der Waals surface area (Å²) in [7, 11) is 0. The maximum atomic E-state index is 14.0. The Labute approximate surface area is 155 Å². The molecule has 134 valence electrons. The van der Waals surface area contributed by atoms with Crippen molar-refractivity contribution in [3.05, 3.63) is 52.0 Å². The lowest BCUT2D eigenvalue weighted by molar-refractivity contribution is -0.144. The van der Waals surface area contributed by atoms with Crippen molar-refractivity contribution in [3.8, 4) is 11.5 Å². The first kappa shape index (κ1) is 17.0. The highest BCUT2D eigenvalue weighted by atomic mass is 79.9. The van der Waals surface area contributed by atoms with E-state index < -0.39 is 29.6 Å². The molecule has 1 saturated heterocycles. The first-order valence-corrected chi connectivity index (χ1v) is 8.67. The number of aliphatic carboxylic acids is 1. The van der Waals surface area contributed by atoms with E-state index in [4.69, 9.17) is 4.74 Å². The van der Waals surface area contributed by atoms with Crippen LogP contribution in [0.5, 0.6) is 11.5 Å². The first-order chi connectivity index (χ1) is 12.4. The quantitative estimate of drug-likeness (QED) is 0.737. The van der Waals surface area contributed by atoms with Crippen molar-refractivity contribution in [1.29, 1.82) is 0 Å². The van der Waals surface area contributed by atoms with Crippen LogP contribution in [0.2, 0.25) is 0 Å². The Morgan fingerprint density at radius 3 is 2.73 bits per heavy atom. The van der Waals surface area contributed by atoms with Crippen LogP contribution in [0.1, 0.15) is 24.4 Å². The largest absolute Gasteiger partial charge is 0.481 e. The molecular weight excluding hydrogens is 412 g/mol. The molecule has 26 heavy (non-hydrogen) atoms. The number of carboxylic acids is 1. The Balaban J connectivity index is 2.02. The van der Waals surface area contributed by atoms with Crippen molar-refractivity contribution in [1.82, 2.24) is 0 Å². The van der Waals surface area contributed by atoms with E-state index >= 15 is 0 Å². The van der Waals surface area contributed by atoms with Gasteiger partial charge in [-0.1, -0.05) is 6.07 Å². The summed E-state index contributed by atoms with van der Waals surface area (Å²) < 4.78 is 33.6. The highest BCUT2D eigenvalue weighted by molar-refractivity contribution is 9.10. The fourth-order valence-corrected chi connectivity index (χ4v) is 3.87. The molecule has 1 amide bonds. The summed E-state index contributed by atoms with van der Waals surface area (Å²) in [4.78, 5) is 25.8. The third kappa shape index (κ3) is 2.56. The molecule has 0 bridgehead atoms. The predicted molar refractivity (Wildman–Crippen MR) is 91.2 cm³/mol. The summed E-state index contributed by atoms with van der Waals surface area (Å²) in [5.41, 5.74) is 0.621. The van der Waals surface area contributed by atoms with Crippen molar-refractivity contribution in [2.75, 3.05) is 4.90 Å². The van der Waals surface area contributed by atoms with Gasteiger partial charge in [0.05, 0.1) is 22.1 Å². The number of carbonyl (C=O) groups is 2. The summed E-state index contributed by atoms with van der Waals surface area (Å²) in [6, 6.07) is 5.30. The Kier molecular flexibility index (Phi) is 3.95. The number of piperidine rings is 1. The molecule has 4 rings (SSSR count). The number of rotatable bonds is 1. The monoisotopic (exact) mass is 423 g/mol. The van der Waals surface area contributed by atoms with Gasteiger partial charge in [-0.05, 0) is 34.5 Å². The molecule has 2 unspecified atom stereocenters. The number of fused-ring (bicyclic) bond motifs is 5. The standard InChI is InChI=1S/C18H12BrF2NO4/c19-11-6-13-15(7-12(11)21)26-14-5-8(20)1-2-9(14)17-10(18(24)25)3-4-16(23)22(13)17/h1-2,5-7,10,17H,3-4H2,(H,24,25). The highest BCUT2D eigenvalue weighted by Gasteiger charge is 2.45. The fraction of sp³-hybridized carbons (Fsp3) is 0.222. The fourth-order valence-electron chi connectivity index (χ4n) is 3.54. The Hall–Kier alpha value is -2.48. The average molecular weight is 424 g/mol. The van der Waals surface area contributed by atoms with Crippen LogP contribution in [0.15, 0.2) is 34.8 Å². The minimum atomic E-state index is -1.06. The van der Waals surface area contributed by atoms with Gasteiger partial charge >= 0.3 is 5.97 Å². The number of halogens is 3. The molecule has 8 heteroatoms. The van der Waals surface area contributed by atoms with E-state index in [-0.39, 0.29) is 40.4 Å². The number of amides is 1. The zero-order valence-corrected chi connectivity index (χ0v) is 14.8. The molecule has 0 saturated carbocycles. The van der Waals surface area contributed by atoms with E-state index in [9.17, 15) is 23.5 Å². The molecule has 0 spiro atoms. The number of carbonyl (C=O) groups excluding carboxylic acids is 1. The maximum Gasteiger partial charge on any atom is 0.308 e. The normalized spacial score (nSPS) is 21.2. The van der Waals surface area contributed by atoms with Gasteiger partial charge in [0, 0.05) is 24.1 Å². The Bertz CT molecular complexity index is 949. The van der Waals surface area contributed by atoms with Crippen LogP contribution in [-0.2, 0) is 9.59 Å². The van der Waals surface area contributed by atoms with E-state index in [1.807, 2.05) is 0 Å². The van der Waals surface area contributed by atoms with Gasteiger partial charge < -0.3 is 14.7 Å². The van der Waals surface area contributed by atoms with E-state index in [1.54, 1.807) is 0 Å². The molecule has 2 aromatic rings. The molecular formula is C18H12BrF2NO4. The van der Waals surface area contributed by atoms with Crippen molar-refractivity contribution in [3.63, 3.8) is 0 Å². The minimum absolute atomic E-state index is 0.0273. The minimum Gasteiger partial charge on any atom is -0.481 e. The summed E-state index contributed by atoms with van der Waals surface area (Å²) in [5, 5.41) is 9.66. The topological polar surface area (TPSA) is 66.8 Å². The third-order valence-electron chi connectivity index (χ3n) is 4.69. The Morgan fingerprint density at radius 2 is 2.00 bits per heavy atom. The lowest BCUT2D eigenvalue weighted by Gasteiger charge is -2.38. The number of anilines is 1. The molecule has 2 heterocycles.